The summed E-state index contributed by atoms with van der Waals surface area (Å²) >= 11 is 0. The molecule has 0 bridgehead atoms. The van der Waals surface area contributed by atoms with Crippen molar-refractivity contribution >= 4 is 0 Å². The van der Waals surface area contributed by atoms with Crippen LogP contribution in [-0.4, -0.2) is 5.11 Å². The van der Waals surface area contributed by atoms with E-state index in [4.69, 9.17) is 16.2 Å². The summed E-state index contributed by atoms with van der Waals surface area (Å²) in [5.74, 6) is 0.322. The number of para-hydroxylation sites is 1. The van der Waals surface area contributed by atoms with E-state index in [9.17, 15) is 0 Å². The fourth-order valence-corrected chi connectivity index (χ4v) is 0.428. The molecule has 1 aromatic rings. The Balaban J connectivity index is 0. The second-order valence-electron chi connectivity index (χ2n) is 1.42. The Hall–Kier alpha value is -0.670. The first-order valence-electron chi connectivity index (χ1n) is 2.53. The van der Waals surface area contributed by atoms with Gasteiger partial charge in [-0.1, -0.05) is 18.2 Å². The first-order valence-corrected chi connectivity index (χ1v) is 2.53. The first-order chi connectivity index (χ1) is 4.81. The largest absolute Gasteiger partial charge is 1.00 e. The quantitative estimate of drug-likeness (QED) is 0.230. The molecule has 0 aliphatic carbocycles. The van der Waals surface area contributed by atoms with Crippen LogP contribution in [0.3, 0.4) is 0 Å². The molecule has 52 valence electrons. The van der Waals surface area contributed by atoms with Crippen LogP contribution in [0.4, 0.5) is 0 Å². The van der Waals surface area contributed by atoms with Crippen molar-refractivity contribution < 1.29 is 34.7 Å². The van der Waals surface area contributed by atoms with E-state index in [1.807, 2.05) is 6.07 Å². The number of phenols is 1. The van der Waals surface area contributed by atoms with Gasteiger partial charge in [-0.05, 0) is 12.1 Å². The van der Waals surface area contributed by atoms with Gasteiger partial charge in [-0.25, -0.2) is 0 Å². The minimum Gasteiger partial charge on any atom is -0.508 e. The molecule has 1 aromatic carbocycles. The Morgan fingerprint density at radius 3 is 1.64 bits per heavy atom. The summed E-state index contributed by atoms with van der Waals surface area (Å²) < 4.78 is 0. The van der Waals surface area contributed by atoms with Crippen molar-refractivity contribution in [1.29, 1.82) is 0 Å². The monoisotopic (exact) mass is 159 g/mol. The number of aromatic hydroxyl groups is 1. The Morgan fingerprint density at radius 1 is 1.09 bits per heavy atom. The summed E-state index contributed by atoms with van der Waals surface area (Å²) in [6.45, 7) is 0. The fraction of sp³-hybridized carbons (Fsp3) is 0. The summed E-state index contributed by atoms with van der Waals surface area (Å²) in [7, 11) is 0. The molecular weight excluding hydrogens is 153 g/mol. The molecule has 0 amide bonds. The Labute approximate surface area is 86.6 Å². The molecule has 0 aromatic heterocycles. The van der Waals surface area contributed by atoms with Gasteiger partial charge in [0.15, 0.2) is 0 Å². The zero-order chi connectivity index (χ0) is 7.82. The molecule has 0 unspecified atom stereocenters. The number of benzene rings is 1. The van der Waals surface area contributed by atoms with Crippen LogP contribution >= 0.6 is 0 Å². The molecule has 0 saturated carbocycles. The van der Waals surface area contributed by atoms with Crippen molar-refractivity contribution in [3.05, 3.63) is 46.3 Å². The van der Waals surface area contributed by atoms with Gasteiger partial charge in [0.1, 0.15) is 5.75 Å². The van der Waals surface area contributed by atoms with Gasteiger partial charge < -0.3 is 16.2 Å². The van der Waals surface area contributed by atoms with E-state index < -0.39 is 0 Å². The molecule has 4 nitrogen and oxygen atoms in total. The molecule has 11 heavy (non-hydrogen) atoms. The summed E-state index contributed by atoms with van der Waals surface area (Å²) in [6.07, 6.45) is 0. The number of hydrogen-bond donors (Lipinski definition) is 1. The van der Waals surface area contributed by atoms with Gasteiger partial charge in [-0.15, -0.1) is 0 Å². The van der Waals surface area contributed by atoms with E-state index >= 15 is 0 Å². The van der Waals surface area contributed by atoms with Crippen molar-refractivity contribution in [3.63, 3.8) is 0 Å². The van der Waals surface area contributed by atoms with Crippen LogP contribution in [0.1, 0.15) is 0 Å². The van der Waals surface area contributed by atoms with Crippen molar-refractivity contribution in [2.24, 2.45) is 0 Å². The van der Waals surface area contributed by atoms with Gasteiger partial charge in [0, 0.05) is 0 Å². The van der Waals surface area contributed by atoms with Crippen LogP contribution in [-0.2, 0) is 0 Å². The molecule has 1 N–H and O–H groups in total. The fourth-order valence-electron chi connectivity index (χ4n) is 0.428. The van der Waals surface area contributed by atoms with Gasteiger partial charge in [-0.3, -0.25) is 4.91 Å². The maximum absolute atomic E-state index is 8.63. The second-order valence-corrected chi connectivity index (χ2v) is 1.42. The average Bonchev–Trinajstić information content (AvgIpc) is 1.91. The molecular formula is C6H6N3NaO. The summed E-state index contributed by atoms with van der Waals surface area (Å²) in [4.78, 5) is 1.50. The molecule has 0 aliphatic heterocycles. The minimum atomic E-state index is 0. The zero-order valence-electron chi connectivity index (χ0n) is 6.18. The second kappa shape index (κ2) is 9.33. The average molecular weight is 159 g/mol. The van der Waals surface area contributed by atoms with E-state index in [1.165, 1.54) is 4.91 Å². The van der Waals surface area contributed by atoms with Crippen molar-refractivity contribution in [2.75, 3.05) is 0 Å². The molecule has 0 radical (unpaired) electrons. The summed E-state index contributed by atoms with van der Waals surface area (Å²) in [5.41, 5.74) is 13.5. The minimum absolute atomic E-state index is 0. The van der Waals surface area contributed by atoms with Crippen LogP contribution < -0.4 is 29.6 Å². The third-order valence-corrected chi connectivity index (χ3v) is 0.756. The van der Waals surface area contributed by atoms with Crippen LogP contribution in [0.15, 0.2) is 30.3 Å². The number of phenolic OH excluding ortho intramolecular Hbond substituents is 1. The van der Waals surface area contributed by atoms with E-state index in [0.717, 1.165) is 0 Å². The van der Waals surface area contributed by atoms with Crippen molar-refractivity contribution in [3.8, 4) is 5.75 Å². The van der Waals surface area contributed by atoms with Crippen LogP contribution in [0.2, 0.25) is 0 Å². The van der Waals surface area contributed by atoms with Gasteiger partial charge >= 0.3 is 29.6 Å². The maximum atomic E-state index is 8.63. The zero-order valence-corrected chi connectivity index (χ0v) is 8.18. The van der Waals surface area contributed by atoms with Crippen LogP contribution in [0.25, 0.3) is 16.0 Å². The van der Waals surface area contributed by atoms with Crippen LogP contribution in [0, 0.1) is 0 Å². The van der Waals surface area contributed by atoms with E-state index in [2.05, 4.69) is 0 Å². The molecule has 5 heteroatoms. The van der Waals surface area contributed by atoms with Crippen molar-refractivity contribution in [1.82, 2.24) is 0 Å². The molecule has 0 aliphatic rings. The molecule has 0 fully saturated rings. The Morgan fingerprint density at radius 2 is 1.45 bits per heavy atom. The molecule has 0 saturated heterocycles. The van der Waals surface area contributed by atoms with E-state index in [-0.39, 0.29) is 29.6 Å². The van der Waals surface area contributed by atoms with Gasteiger partial charge in [0.25, 0.3) is 0 Å². The van der Waals surface area contributed by atoms with Crippen LogP contribution in [0.5, 0.6) is 5.75 Å². The summed E-state index contributed by atoms with van der Waals surface area (Å²) in [6, 6.07) is 8.71. The third kappa shape index (κ3) is 9.33. The molecule has 0 spiro atoms. The van der Waals surface area contributed by atoms with Gasteiger partial charge in [0.2, 0.25) is 0 Å². The number of hydrogen-bond acceptors (Lipinski definition) is 1. The maximum Gasteiger partial charge on any atom is 1.00 e. The topological polar surface area (TPSA) is 78.9 Å². The first kappa shape index (κ1) is 13.0. The third-order valence-electron chi connectivity index (χ3n) is 0.756. The molecule has 1 rings (SSSR count). The standard InChI is InChI=1S/C6H6O.N3.Na/c7-6-4-2-1-3-5-6;1-3-2;/h1-5,7H;;/q;-1;+1. The smallest absolute Gasteiger partial charge is 0.508 e. The SMILES string of the molecule is Oc1ccccc1.[N-]=[N+]=[N-].[Na+]. The molecule has 0 heterocycles. The molecule has 0 atom stereocenters. The van der Waals surface area contributed by atoms with E-state index in [1.54, 1.807) is 24.3 Å². The van der Waals surface area contributed by atoms with E-state index in [0.29, 0.717) is 5.75 Å². The van der Waals surface area contributed by atoms with Gasteiger partial charge in [0.05, 0.1) is 0 Å². The Bertz CT molecular complexity index is 208. The predicted octanol–water partition coefficient (Wildman–Crippen LogP) is -0.738. The summed E-state index contributed by atoms with van der Waals surface area (Å²) in [5, 5.41) is 8.63. The van der Waals surface area contributed by atoms with Crippen molar-refractivity contribution in [2.45, 2.75) is 0 Å². The normalized spacial score (nSPS) is 6.18. The number of rotatable bonds is 0. The predicted molar refractivity (Wildman–Crippen MR) is 38.2 cm³/mol. The number of nitrogens with zero attached hydrogens (tertiary/aromatic N) is 3. The Kier molecular flexibility index (Phi) is 11.0. The van der Waals surface area contributed by atoms with Gasteiger partial charge in [-0.2, -0.15) is 0 Å².